The summed E-state index contributed by atoms with van der Waals surface area (Å²) < 4.78 is 40.6. The Balaban J connectivity index is 1.95. The van der Waals surface area contributed by atoms with Crippen LogP contribution in [0.3, 0.4) is 0 Å². The third-order valence-corrected chi connectivity index (χ3v) is 2.98. The van der Waals surface area contributed by atoms with E-state index in [1.807, 2.05) is 0 Å². The number of amides is 2. The van der Waals surface area contributed by atoms with Gasteiger partial charge in [0.2, 0.25) is 0 Å². The summed E-state index contributed by atoms with van der Waals surface area (Å²) >= 11 is 1.23. The number of carbonyl (C=O) groups is 1. The number of nitrogens with one attached hydrogen (secondary N) is 2. The standard InChI is InChI=1S/C12H10F3N3O2S/c13-12(14,15)20-9-4-2-1-3-8(9)7-17-10(19)18-11-16-5-6-21-11/h1-6H,7H2,(H2,16,17,18,19). The van der Waals surface area contributed by atoms with Crippen LogP contribution in [-0.4, -0.2) is 17.4 Å². The third kappa shape index (κ3) is 4.95. The van der Waals surface area contributed by atoms with Crippen molar-refractivity contribution in [2.45, 2.75) is 12.9 Å². The van der Waals surface area contributed by atoms with Gasteiger partial charge in [0.15, 0.2) is 5.13 Å². The minimum Gasteiger partial charge on any atom is -0.405 e. The van der Waals surface area contributed by atoms with Crippen LogP contribution in [-0.2, 0) is 6.54 Å². The van der Waals surface area contributed by atoms with Gasteiger partial charge in [0.05, 0.1) is 0 Å². The lowest BCUT2D eigenvalue weighted by Crippen LogP contribution is -2.28. The molecule has 2 rings (SSSR count). The van der Waals surface area contributed by atoms with Crippen LogP contribution in [0.2, 0.25) is 0 Å². The molecule has 0 saturated carbocycles. The van der Waals surface area contributed by atoms with E-state index >= 15 is 0 Å². The summed E-state index contributed by atoms with van der Waals surface area (Å²) in [6, 6.07) is 5.03. The molecule has 2 amide bonds. The van der Waals surface area contributed by atoms with Gasteiger partial charge in [0.1, 0.15) is 5.75 Å². The highest BCUT2D eigenvalue weighted by molar-refractivity contribution is 7.13. The first kappa shape index (κ1) is 15.1. The molecule has 2 aromatic rings. The second-order valence-electron chi connectivity index (χ2n) is 3.80. The average molecular weight is 317 g/mol. The molecule has 0 aliphatic carbocycles. The van der Waals surface area contributed by atoms with Gasteiger partial charge in [-0.25, -0.2) is 9.78 Å². The summed E-state index contributed by atoms with van der Waals surface area (Å²) in [6.45, 7) is -0.108. The van der Waals surface area contributed by atoms with Crippen LogP contribution in [0.15, 0.2) is 35.8 Å². The van der Waals surface area contributed by atoms with Crippen LogP contribution < -0.4 is 15.4 Å². The zero-order chi connectivity index (χ0) is 15.3. The lowest BCUT2D eigenvalue weighted by atomic mass is 10.2. The molecular formula is C12H10F3N3O2S. The van der Waals surface area contributed by atoms with Gasteiger partial charge in [0, 0.05) is 23.7 Å². The Morgan fingerprint density at radius 3 is 2.76 bits per heavy atom. The lowest BCUT2D eigenvalue weighted by molar-refractivity contribution is -0.274. The third-order valence-electron chi connectivity index (χ3n) is 2.29. The molecule has 1 aromatic heterocycles. The van der Waals surface area contributed by atoms with E-state index in [0.29, 0.717) is 5.13 Å². The molecule has 5 nitrogen and oxygen atoms in total. The Labute approximate surface area is 121 Å². The van der Waals surface area contributed by atoms with Crippen LogP contribution in [0.4, 0.5) is 23.1 Å². The van der Waals surface area contributed by atoms with Crippen LogP contribution in [0, 0.1) is 0 Å². The van der Waals surface area contributed by atoms with Gasteiger partial charge in [-0.1, -0.05) is 18.2 Å². The van der Waals surface area contributed by atoms with Crippen LogP contribution >= 0.6 is 11.3 Å². The summed E-state index contributed by atoms with van der Waals surface area (Å²) in [4.78, 5) is 15.4. The number of carbonyl (C=O) groups excluding carboxylic acids is 1. The van der Waals surface area contributed by atoms with Crippen molar-refractivity contribution in [3.8, 4) is 5.75 Å². The maximum absolute atomic E-state index is 12.2. The number of hydrogen-bond donors (Lipinski definition) is 2. The molecule has 0 atom stereocenters. The van der Waals surface area contributed by atoms with Crippen molar-refractivity contribution in [3.63, 3.8) is 0 Å². The Bertz CT molecular complexity index is 602. The highest BCUT2D eigenvalue weighted by atomic mass is 32.1. The van der Waals surface area contributed by atoms with Crippen molar-refractivity contribution in [2.24, 2.45) is 0 Å². The van der Waals surface area contributed by atoms with Crippen molar-refractivity contribution in [1.82, 2.24) is 10.3 Å². The molecule has 21 heavy (non-hydrogen) atoms. The summed E-state index contributed by atoms with van der Waals surface area (Å²) in [7, 11) is 0. The van der Waals surface area contributed by atoms with Gasteiger partial charge in [-0.15, -0.1) is 24.5 Å². The summed E-state index contributed by atoms with van der Waals surface area (Å²) in [5.41, 5.74) is 0.212. The first-order valence-corrected chi connectivity index (χ1v) is 6.60. The number of rotatable bonds is 4. The maximum Gasteiger partial charge on any atom is 0.573 e. The smallest absolute Gasteiger partial charge is 0.405 e. The first-order valence-electron chi connectivity index (χ1n) is 5.72. The minimum atomic E-state index is -4.78. The van der Waals surface area contributed by atoms with Gasteiger partial charge in [0.25, 0.3) is 0 Å². The molecule has 9 heteroatoms. The van der Waals surface area contributed by atoms with Gasteiger partial charge in [-0.05, 0) is 6.07 Å². The van der Waals surface area contributed by atoms with E-state index in [1.165, 1.54) is 35.7 Å². The Morgan fingerprint density at radius 2 is 2.10 bits per heavy atom. The fraction of sp³-hybridized carbons (Fsp3) is 0.167. The molecule has 0 spiro atoms. The number of nitrogens with zero attached hydrogens (tertiary/aromatic N) is 1. The minimum absolute atomic E-state index is 0.108. The molecular weight excluding hydrogens is 307 g/mol. The van der Waals surface area contributed by atoms with E-state index in [-0.39, 0.29) is 17.9 Å². The Morgan fingerprint density at radius 1 is 1.33 bits per heavy atom. The van der Waals surface area contributed by atoms with Crippen LogP contribution in [0.1, 0.15) is 5.56 Å². The average Bonchev–Trinajstić information content (AvgIpc) is 2.89. The van der Waals surface area contributed by atoms with E-state index in [1.54, 1.807) is 11.4 Å². The quantitative estimate of drug-likeness (QED) is 0.909. The molecule has 0 saturated heterocycles. The highest BCUT2D eigenvalue weighted by Gasteiger charge is 2.31. The summed E-state index contributed by atoms with van der Waals surface area (Å²) in [5, 5.41) is 6.97. The number of aromatic nitrogens is 1. The van der Waals surface area contributed by atoms with E-state index in [9.17, 15) is 18.0 Å². The zero-order valence-corrected chi connectivity index (χ0v) is 11.3. The molecule has 0 aliphatic heterocycles. The summed E-state index contributed by atoms with van der Waals surface area (Å²) in [5.74, 6) is -0.348. The predicted octanol–water partition coefficient (Wildman–Crippen LogP) is 3.36. The first-order chi connectivity index (χ1) is 9.94. The van der Waals surface area contributed by atoms with Gasteiger partial charge >= 0.3 is 12.4 Å². The Hall–Kier alpha value is -2.29. The predicted molar refractivity (Wildman–Crippen MR) is 71.1 cm³/mol. The van der Waals surface area contributed by atoms with E-state index < -0.39 is 12.4 Å². The Kier molecular flexibility index (Phi) is 4.63. The molecule has 1 aromatic carbocycles. The topological polar surface area (TPSA) is 63.2 Å². The molecule has 2 N–H and O–H groups in total. The van der Waals surface area contributed by atoms with Crippen molar-refractivity contribution in [3.05, 3.63) is 41.4 Å². The van der Waals surface area contributed by atoms with Crippen LogP contribution in [0.5, 0.6) is 5.75 Å². The van der Waals surface area contributed by atoms with E-state index in [4.69, 9.17) is 0 Å². The van der Waals surface area contributed by atoms with E-state index in [2.05, 4.69) is 20.4 Å². The molecule has 0 unspecified atom stereocenters. The van der Waals surface area contributed by atoms with Crippen molar-refractivity contribution in [1.29, 1.82) is 0 Å². The molecule has 0 radical (unpaired) electrons. The van der Waals surface area contributed by atoms with Crippen molar-refractivity contribution >= 4 is 22.5 Å². The number of urea groups is 1. The van der Waals surface area contributed by atoms with Gasteiger partial charge in [-0.3, -0.25) is 5.32 Å². The van der Waals surface area contributed by atoms with Crippen molar-refractivity contribution < 1.29 is 22.7 Å². The number of thiazole rings is 1. The number of halogens is 3. The van der Waals surface area contributed by atoms with Gasteiger partial charge in [-0.2, -0.15) is 0 Å². The second-order valence-corrected chi connectivity index (χ2v) is 4.70. The number of hydrogen-bond acceptors (Lipinski definition) is 4. The summed E-state index contributed by atoms with van der Waals surface area (Å²) in [6.07, 6.45) is -3.26. The zero-order valence-electron chi connectivity index (χ0n) is 10.5. The molecule has 0 fully saturated rings. The normalized spacial score (nSPS) is 11.0. The van der Waals surface area contributed by atoms with Crippen LogP contribution in [0.25, 0.3) is 0 Å². The number of anilines is 1. The molecule has 0 aliphatic rings. The fourth-order valence-electron chi connectivity index (χ4n) is 1.48. The second kappa shape index (κ2) is 6.44. The highest BCUT2D eigenvalue weighted by Crippen LogP contribution is 2.26. The number of alkyl halides is 3. The largest absolute Gasteiger partial charge is 0.573 e. The van der Waals surface area contributed by atoms with Crippen molar-refractivity contribution in [2.75, 3.05) is 5.32 Å². The number of benzene rings is 1. The molecule has 112 valence electrons. The fourth-order valence-corrected chi connectivity index (χ4v) is 2.00. The monoisotopic (exact) mass is 317 g/mol. The van der Waals surface area contributed by atoms with Gasteiger partial charge < -0.3 is 10.1 Å². The van der Waals surface area contributed by atoms with E-state index in [0.717, 1.165) is 0 Å². The lowest BCUT2D eigenvalue weighted by Gasteiger charge is -2.13. The SMILES string of the molecule is O=C(NCc1ccccc1OC(F)(F)F)Nc1nccs1. The molecule has 1 heterocycles. The molecule has 0 bridgehead atoms. The number of ether oxygens (including phenoxy) is 1. The number of para-hydroxylation sites is 1. The maximum atomic E-state index is 12.2.